The van der Waals surface area contributed by atoms with Gasteiger partial charge in [0.15, 0.2) is 0 Å². The summed E-state index contributed by atoms with van der Waals surface area (Å²) < 4.78 is 0. The van der Waals surface area contributed by atoms with Gasteiger partial charge in [0.1, 0.15) is 0 Å². The monoisotopic (exact) mass is 420 g/mol. The molecule has 1 heterocycles. The minimum Gasteiger partial charge on any atom is -0.353 e. The Morgan fingerprint density at radius 2 is 1.86 bits per heavy atom. The second-order valence-electron chi connectivity index (χ2n) is 6.24. The van der Waals surface area contributed by atoms with E-state index in [-0.39, 0.29) is 11.7 Å². The van der Waals surface area contributed by atoms with Crippen LogP contribution < -0.4 is 10.6 Å². The average molecular weight is 421 g/mol. The van der Waals surface area contributed by atoms with Crippen LogP contribution in [0.15, 0.2) is 76.5 Å². The second kappa shape index (κ2) is 9.34. The zero-order chi connectivity index (χ0) is 20.8. The molecule has 0 fully saturated rings. The number of allylic oxidation sites excluding steroid dienone is 2. The molecule has 2 aromatic carbocycles. The highest BCUT2D eigenvalue weighted by Crippen LogP contribution is 2.43. The molecule has 0 saturated heterocycles. The molecule has 0 unspecified atom stereocenters. The molecule has 0 spiro atoms. The second-order valence-corrected chi connectivity index (χ2v) is 7.63. The Bertz CT molecular complexity index is 1080. The predicted molar refractivity (Wildman–Crippen MR) is 116 cm³/mol. The molecule has 0 aliphatic carbocycles. The molecule has 1 atom stereocenters. The van der Waals surface area contributed by atoms with Crippen LogP contribution in [0.5, 0.6) is 0 Å². The van der Waals surface area contributed by atoms with Crippen molar-refractivity contribution < 1.29 is 4.79 Å². The zero-order valence-corrected chi connectivity index (χ0v) is 17.1. The summed E-state index contributed by atoms with van der Waals surface area (Å²) in [6, 6.07) is 20.6. The van der Waals surface area contributed by atoms with Gasteiger partial charge in [0.25, 0.3) is 5.91 Å². The molecule has 1 aliphatic heterocycles. The van der Waals surface area contributed by atoms with Crippen molar-refractivity contribution in [1.29, 1.82) is 10.5 Å². The van der Waals surface area contributed by atoms with Gasteiger partial charge in [0, 0.05) is 22.0 Å². The van der Waals surface area contributed by atoms with Gasteiger partial charge in [-0.25, -0.2) is 0 Å². The number of nitrogens with one attached hydrogen (secondary N) is 2. The van der Waals surface area contributed by atoms with Crippen molar-refractivity contribution in [2.24, 2.45) is 0 Å². The number of nitrogens with zero attached hydrogens (tertiary/aromatic N) is 2. The van der Waals surface area contributed by atoms with E-state index in [0.717, 1.165) is 0 Å². The Balaban J connectivity index is 2.10. The maximum absolute atomic E-state index is 13.2. The standard InChI is InChI=1S/C22H17ClN4OS/c1-14-19(21(28)27-15-7-3-2-4-8-15)20(16-9-5-6-10-18(16)23)17(13-25)22(26-14)29-12-11-24/h2-10,20,26H,12H2,1H3,(H,27,28)/t20-/m1/s1. The number of carbonyl (C=O) groups excluding carboxylic acids is 1. The van der Waals surface area contributed by atoms with Crippen LogP contribution in [-0.2, 0) is 4.79 Å². The highest BCUT2D eigenvalue weighted by atomic mass is 35.5. The van der Waals surface area contributed by atoms with Gasteiger partial charge in [-0.15, -0.1) is 0 Å². The molecule has 7 heteroatoms. The van der Waals surface area contributed by atoms with E-state index in [0.29, 0.717) is 38.1 Å². The first-order valence-corrected chi connectivity index (χ1v) is 10.2. The number of rotatable bonds is 5. The van der Waals surface area contributed by atoms with Crippen molar-refractivity contribution in [3.63, 3.8) is 0 Å². The molecule has 1 aliphatic rings. The first kappa shape index (κ1) is 20.5. The third-order valence-electron chi connectivity index (χ3n) is 4.42. The van der Waals surface area contributed by atoms with Gasteiger partial charge in [-0.3, -0.25) is 4.79 Å². The number of halogens is 1. The Morgan fingerprint density at radius 3 is 2.52 bits per heavy atom. The van der Waals surface area contributed by atoms with Crippen molar-refractivity contribution in [1.82, 2.24) is 5.32 Å². The normalized spacial score (nSPS) is 15.9. The number of dihydropyridines is 1. The third-order valence-corrected chi connectivity index (χ3v) is 5.65. The molecule has 2 aromatic rings. The fraction of sp³-hybridized carbons (Fsp3) is 0.136. The van der Waals surface area contributed by atoms with Crippen LogP contribution >= 0.6 is 23.4 Å². The summed E-state index contributed by atoms with van der Waals surface area (Å²) in [5.74, 6) is -0.773. The summed E-state index contributed by atoms with van der Waals surface area (Å²) >= 11 is 7.68. The van der Waals surface area contributed by atoms with Crippen molar-refractivity contribution in [3.8, 4) is 12.1 Å². The van der Waals surface area contributed by atoms with E-state index in [1.54, 1.807) is 31.2 Å². The SMILES string of the molecule is CC1=C(C(=O)Nc2ccccc2)[C@H](c2ccccc2Cl)C(C#N)=C(SCC#N)N1. The maximum Gasteiger partial charge on any atom is 0.254 e. The first-order chi connectivity index (χ1) is 14.1. The molecule has 0 aromatic heterocycles. The number of thioether (sulfide) groups is 1. The number of benzene rings is 2. The molecule has 2 N–H and O–H groups in total. The molecule has 3 rings (SSSR count). The number of amides is 1. The Labute approximate surface area is 178 Å². The van der Waals surface area contributed by atoms with Gasteiger partial charge in [-0.1, -0.05) is 59.8 Å². The molecular weight excluding hydrogens is 404 g/mol. The summed E-state index contributed by atoms with van der Waals surface area (Å²) in [5.41, 5.74) is 2.72. The van der Waals surface area contributed by atoms with Crippen LogP contribution in [0.4, 0.5) is 5.69 Å². The van der Waals surface area contributed by atoms with E-state index >= 15 is 0 Å². The largest absolute Gasteiger partial charge is 0.353 e. The predicted octanol–water partition coefficient (Wildman–Crippen LogP) is 4.93. The third kappa shape index (κ3) is 4.46. The van der Waals surface area contributed by atoms with E-state index in [1.165, 1.54) is 11.8 Å². The summed E-state index contributed by atoms with van der Waals surface area (Å²) in [4.78, 5) is 13.2. The van der Waals surface area contributed by atoms with E-state index in [1.807, 2.05) is 30.3 Å². The lowest BCUT2D eigenvalue weighted by Crippen LogP contribution is -2.30. The van der Waals surface area contributed by atoms with Crippen molar-refractivity contribution in [2.45, 2.75) is 12.8 Å². The molecule has 5 nitrogen and oxygen atoms in total. The summed E-state index contributed by atoms with van der Waals surface area (Å²) in [6.45, 7) is 1.78. The topological polar surface area (TPSA) is 88.7 Å². The molecular formula is C22H17ClN4OS. The smallest absolute Gasteiger partial charge is 0.254 e. The molecule has 0 radical (unpaired) electrons. The van der Waals surface area contributed by atoms with Crippen LogP contribution in [-0.4, -0.2) is 11.7 Å². The Morgan fingerprint density at radius 1 is 1.17 bits per heavy atom. The van der Waals surface area contributed by atoms with Crippen LogP contribution in [0.1, 0.15) is 18.4 Å². The highest BCUT2D eigenvalue weighted by molar-refractivity contribution is 8.03. The molecule has 0 bridgehead atoms. The number of anilines is 1. The van der Waals surface area contributed by atoms with Crippen LogP contribution in [0, 0.1) is 22.7 Å². The number of hydrogen-bond acceptors (Lipinski definition) is 5. The van der Waals surface area contributed by atoms with E-state index in [9.17, 15) is 10.1 Å². The average Bonchev–Trinajstić information content (AvgIpc) is 2.72. The molecule has 0 saturated carbocycles. The van der Waals surface area contributed by atoms with Crippen molar-refractivity contribution in [3.05, 3.63) is 87.1 Å². The Hall–Kier alpha value is -3.19. The highest BCUT2D eigenvalue weighted by Gasteiger charge is 2.35. The number of para-hydroxylation sites is 1. The number of carbonyl (C=O) groups is 1. The van der Waals surface area contributed by atoms with Crippen molar-refractivity contribution >= 4 is 35.0 Å². The van der Waals surface area contributed by atoms with Gasteiger partial charge in [-0.2, -0.15) is 10.5 Å². The van der Waals surface area contributed by atoms with Gasteiger partial charge in [0.2, 0.25) is 0 Å². The lowest BCUT2D eigenvalue weighted by molar-refractivity contribution is -0.113. The fourth-order valence-corrected chi connectivity index (χ4v) is 4.17. The van der Waals surface area contributed by atoms with E-state index in [4.69, 9.17) is 16.9 Å². The quantitative estimate of drug-likeness (QED) is 0.715. The van der Waals surface area contributed by atoms with Gasteiger partial charge in [0.05, 0.1) is 34.4 Å². The minimum atomic E-state index is -0.639. The van der Waals surface area contributed by atoms with Crippen molar-refractivity contribution in [2.75, 3.05) is 11.1 Å². The van der Waals surface area contributed by atoms with Crippen LogP contribution in [0.25, 0.3) is 0 Å². The molecule has 144 valence electrons. The summed E-state index contributed by atoms with van der Waals surface area (Å²) in [7, 11) is 0. The van der Waals surface area contributed by atoms with Crippen LogP contribution in [0.3, 0.4) is 0 Å². The zero-order valence-electron chi connectivity index (χ0n) is 15.6. The van der Waals surface area contributed by atoms with E-state index in [2.05, 4.69) is 22.8 Å². The summed E-state index contributed by atoms with van der Waals surface area (Å²) in [6.07, 6.45) is 0. The minimum absolute atomic E-state index is 0.182. The van der Waals surface area contributed by atoms with Gasteiger partial charge in [-0.05, 0) is 30.7 Å². The maximum atomic E-state index is 13.2. The van der Waals surface area contributed by atoms with Crippen LogP contribution in [0.2, 0.25) is 5.02 Å². The molecule has 1 amide bonds. The lowest BCUT2D eigenvalue weighted by atomic mass is 9.82. The Kier molecular flexibility index (Phi) is 6.61. The fourth-order valence-electron chi connectivity index (χ4n) is 3.17. The first-order valence-electron chi connectivity index (χ1n) is 8.79. The number of nitriles is 2. The van der Waals surface area contributed by atoms with E-state index < -0.39 is 5.92 Å². The summed E-state index contributed by atoms with van der Waals surface area (Å²) in [5, 5.41) is 25.9. The molecule has 29 heavy (non-hydrogen) atoms. The van der Waals surface area contributed by atoms with Gasteiger partial charge < -0.3 is 10.6 Å². The lowest BCUT2D eigenvalue weighted by Gasteiger charge is -2.30. The van der Waals surface area contributed by atoms with Gasteiger partial charge >= 0.3 is 0 Å². The number of hydrogen-bond donors (Lipinski definition) is 2.